The van der Waals surface area contributed by atoms with E-state index in [4.69, 9.17) is 21.8 Å². The minimum atomic E-state index is -0.839. The number of hydrogen-bond acceptors (Lipinski definition) is 11. The van der Waals surface area contributed by atoms with Gasteiger partial charge in [0.2, 0.25) is 28.0 Å². The van der Waals surface area contributed by atoms with Crippen LogP contribution in [0.5, 0.6) is 23.0 Å². The Balaban J connectivity index is 0.000000169. The normalized spacial score (nSPS) is 15.1. The quantitative estimate of drug-likeness (QED) is 0.134. The lowest BCUT2D eigenvalue weighted by Crippen LogP contribution is -2.38. The number of aromatic nitrogens is 4. The van der Waals surface area contributed by atoms with E-state index in [0.29, 0.717) is 44.5 Å². The highest BCUT2D eigenvalue weighted by atomic mass is 32.1. The van der Waals surface area contributed by atoms with Gasteiger partial charge in [0.25, 0.3) is 0 Å². The van der Waals surface area contributed by atoms with Crippen molar-refractivity contribution < 1.29 is 23.9 Å². The summed E-state index contributed by atoms with van der Waals surface area (Å²) < 4.78 is 12.1. The molecule has 4 N–H and O–H groups in total. The summed E-state index contributed by atoms with van der Waals surface area (Å²) in [7, 11) is 0. The van der Waals surface area contributed by atoms with Crippen LogP contribution in [-0.2, 0) is 9.59 Å². The number of amides is 3. The summed E-state index contributed by atoms with van der Waals surface area (Å²) in [6.45, 7) is 14.8. The number of ether oxygens (including phenoxy) is 2. The Bertz CT molecular complexity index is 2460. The highest BCUT2D eigenvalue weighted by Crippen LogP contribution is 2.54. The molecule has 3 amide bonds. The van der Waals surface area contributed by atoms with Crippen LogP contribution in [0.3, 0.4) is 0 Å². The molecular formula is C40H34N8O5S2. The predicted molar refractivity (Wildman–Crippen MR) is 209 cm³/mol. The van der Waals surface area contributed by atoms with E-state index >= 15 is 0 Å². The average molecular weight is 771 g/mol. The fraction of sp³-hybridized carbons (Fsp3) is 0.200. The van der Waals surface area contributed by atoms with Crippen molar-refractivity contribution in [3.63, 3.8) is 0 Å². The average Bonchev–Trinajstić information content (AvgIpc) is 3.90. The summed E-state index contributed by atoms with van der Waals surface area (Å²) in [5.41, 5.74) is 11.3. The number of carbonyl (C=O) groups excluding carboxylic acids is 3. The third-order valence-electron chi connectivity index (χ3n) is 9.72. The van der Waals surface area contributed by atoms with Crippen molar-refractivity contribution in [2.75, 3.05) is 10.6 Å². The number of carbonyl (C=O) groups is 3. The van der Waals surface area contributed by atoms with Crippen LogP contribution in [0, 0.1) is 17.4 Å². The molecule has 55 heavy (non-hydrogen) atoms. The molecule has 2 atom stereocenters. The summed E-state index contributed by atoms with van der Waals surface area (Å²) >= 11 is 2.54. The minimum Gasteiger partial charge on any atom is -0.458 e. The summed E-state index contributed by atoms with van der Waals surface area (Å²) in [6, 6.07) is 25.7. The molecule has 6 aromatic rings. The molecule has 2 aliphatic heterocycles. The molecule has 0 aliphatic carbocycles. The molecule has 15 heteroatoms. The van der Waals surface area contributed by atoms with E-state index in [1.54, 1.807) is 41.4 Å². The zero-order valence-electron chi connectivity index (χ0n) is 30.1. The van der Waals surface area contributed by atoms with Crippen LogP contribution in [0.15, 0.2) is 96.0 Å². The molecule has 0 saturated carbocycles. The predicted octanol–water partition coefficient (Wildman–Crippen LogP) is 8.53. The number of hydrogen-bond donors (Lipinski definition) is 3. The van der Waals surface area contributed by atoms with E-state index in [-0.39, 0.29) is 23.7 Å². The van der Waals surface area contributed by atoms with E-state index in [1.807, 2.05) is 82.3 Å². The lowest BCUT2D eigenvalue weighted by Gasteiger charge is -2.38. The molecule has 4 heterocycles. The second-order valence-electron chi connectivity index (χ2n) is 13.9. The van der Waals surface area contributed by atoms with E-state index in [1.165, 1.54) is 22.7 Å². The fourth-order valence-corrected chi connectivity index (χ4v) is 7.80. The van der Waals surface area contributed by atoms with Crippen LogP contribution >= 0.6 is 22.7 Å². The maximum atomic E-state index is 13.1. The molecule has 0 bridgehead atoms. The maximum absolute atomic E-state index is 13.1. The zero-order valence-corrected chi connectivity index (χ0v) is 31.7. The highest BCUT2D eigenvalue weighted by molar-refractivity contribution is 7.13. The molecule has 2 aromatic heterocycles. The lowest BCUT2D eigenvalue weighted by molar-refractivity contribution is -0.125. The molecule has 0 spiro atoms. The Labute approximate surface area is 324 Å². The second-order valence-corrected chi connectivity index (χ2v) is 15.6. The first-order valence-electron chi connectivity index (χ1n) is 17.0. The smallest absolute Gasteiger partial charge is 0.248 e. The first-order valence-corrected chi connectivity index (χ1v) is 18.8. The van der Waals surface area contributed by atoms with Gasteiger partial charge in [-0.2, -0.15) is 0 Å². The van der Waals surface area contributed by atoms with Crippen molar-refractivity contribution >= 4 is 56.3 Å². The third-order valence-corrected chi connectivity index (χ3v) is 10.9. The fourth-order valence-electron chi connectivity index (χ4n) is 6.92. The second kappa shape index (κ2) is 14.7. The molecule has 8 rings (SSSR count). The Morgan fingerprint density at radius 1 is 0.673 bits per heavy atom. The zero-order chi connectivity index (χ0) is 38.9. The number of nitrogens with zero attached hydrogens (tertiary/aromatic N) is 5. The van der Waals surface area contributed by atoms with Gasteiger partial charge < -0.3 is 25.8 Å². The Hall–Kier alpha value is -6.50. The number of fused-ring (bicyclic) bond motifs is 4. The van der Waals surface area contributed by atoms with Crippen LogP contribution in [-0.4, -0.2) is 38.1 Å². The highest BCUT2D eigenvalue weighted by Gasteiger charge is 2.45. The van der Waals surface area contributed by atoms with Crippen LogP contribution in [0.25, 0.3) is 4.85 Å². The monoisotopic (exact) mass is 770 g/mol. The van der Waals surface area contributed by atoms with Crippen LogP contribution in [0.2, 0.25) is 0 Å². The lowest BCUT2D eigenvalue weighted by atomic mass is 9.69. The maximum Gasteiger partial charge on any atom is 0.248 e. The molecular weight excluding hydrogens is 737 g/mol. The van der Waals surface area contributed by atoms with Gasteiger partial charge in [0.05, 0.1) is 17.4 Å². The first-order chi connectivity index (χ1) is 26.4. The Kier molecular flexibility index (Phi) is 9.87. The molecule has 2 aliphatic rings. The van der Waals surface area contributed by atoms with E-state index < -0.39 is 16.7 Å². The first kappa shape index (κ1) is 36.8. The van der Waals surface area contributed by atoms with Gasteiger partial charge in [-0.3, -0.25) is 14.4 Å². The Morgan fingerprint density at radius 3 is 1.58 bits per heavy atom. The molecule has 2 unspecified atom stereocenters. The van der Waals surface area contributed by atoms with Crippen molar-refractivity contribution in [2.45, 2.75) is 39.5 Å². The number of primary amides is 1. The van der Waals surface area contributed by atoms with Gasteiger partial charge in [0, 0.05) is 39.7 Å². The summed E-state index contributed by atoms with van der Waals surface area (Å²) in [5.74, 6) is 1.10. The number of nitrogens with two attached hydrogens (primary N) is 1. The molecule has 13 nitrogen and oxygen atoms in total. The van der Waals surface area contributed by atoms with Gasteiger partial charge in [-0.25, -0.2) is 4.85 Å². The largest absolute Gasteiger partial charge is 0.458 e. The number of para-hydroxylation sites is 2. The van der Waals surface area contributed by atoms with Gasteiger partial charge in [0.15, 0.2) is 5.69 Å². The van der Waals surface area contributed by atoms with Gasteiger partial charge in [-0.05, 0) is 30.3 Å². The van der Waals surface area contributed by atoms with Crippen molar-refractivity contribution in [1.82, 2.24) is 20.4 Å². The van der Waals surface area contributed by atoms with Gasteiger partial charge in [-0.1, -0.05) is 105 Å². The van der Waals surface area contributed by atoms with Crippen LogP contribution in [0.4, 0.5) is 16.0 Å². The van der Waals surface area contributed by atoms with E-state index in [0.717, 1.165) is 22.3 Å². The molecule has 0 radical (unpaired) electrons. The topological polar surface area (TPSA) is 176 Å². The Morgan fingerprint density at radius 2 is 1.13 bits per heavy atom. The van der Waals surface area contributed by atoms with Crippen molar-refractivity contribution in [3.8, 4) is 23.0 Å². The number of anilines is 2. The summed E-state index contributed by atoms with van der Waals surface area (Å²) in [5, 5.41) is 21.9. The van der Waals surface area contributed by atoms with Crippen LogP contribution in [0.1, 0.15) is 72.1 Å². The van der Waals surface area contributed by atoms with Gasteiger partial charge in [-0.15, -0.1) is 20.4 Å². The minimum absolute atomic E-state index is 0.152. The number of nitrogens with one attached hydrogen (secondary N) is 2. The van der Waals surface area contributed by atoms with Crippen molar-refractivity contribution in [2.24, 2.45) is 16.6 Å². The van der Waals surface area contributed by atoms with Crippen molar-refractivity contribution in [3.05, 3.63) is 135 Å². The SMILES string of the molecule is CC(C)(C(=O)Nc1nncs1)C1c2ccccc2Oc2cc(C(N)=O)ccc21.[C-]#[N+]c1ccc2c(c1)Oc1ccccc1C2C(C)(C)C(=O)Nc1nncs1. The van der Waals surface area contributed by atoms with Gasteiger partial charge >= 0.3 is 0 Å². The molecule has 0 fully saturated rings. The third kappa shape index (κ3) is 7.12. The number of benzene rings is 4. The molecule has 4 aromatic carbocycles. The van der Waals surface area contributed by atoms with Gasteiger partial charge in [0.1, 0.15) is 34.0 Å². The number of rotatable bonds is 7. The van der Waals surface area contributed by atoms with E-state index in [9.17, 15) is 14.4 Å². The van der Waals surface area contributed by atoms with Crippen LogP contribution < -0.4 is 25.8 Å². The van der Waals surface area contributed by atoms with Crippen molar-refractivity contribution in [1.29, 1.82) is 0 Å². The standard InChI is InChI=1S/C20H18N4O3S.C20H16N4O2S/c1-20(2,18(26)23-19-24-22-10-28-19)16-12-5-3-4-6-14(12)27-15-9-11(17(21)25)7-8-13(15)16;1-20(2,18(25)23-19-24-22-11-27-19)17-13-6-4-5-7-15(13)26-16-10-12(21-3)8-9-14(16)17/h3-10,16H,1-2H3,(H2,21,25)(H,23,24,26);4-11,17H,1-2H3,(H,23,24,25). The summed E-state index contributed by atoms with van der Waals surface area (Å²) in [4.78, 5) is 41.3. The molecule has 276 valence electrons. The van der Waals surface area contributed by atoms with E-state index in [2.05, 4.69) is 35.9 Å². The molecule has 0 saturated heterocycles. The summed E-state index contributed by atoms with van der Waals surface area (Å²) in [6.07, 6.45) is 0.